The molecular weight excluding hydrogens is 169 g/mol. The van der Waals surface area contributed by atoms with Crippen LogP contribution in [-0.4, -0.2) is 41.4 Å². The molecule has 2 nitrogen and oxygen atoms in total. The predicted molar refractivity (Wildman–Crippen MR) is 51.4 cm³/mol. The normalized spacial score (nSPS) is 37.1. The largest absolute Gasteiger partial charge is 0.394 e. The zero-order chi connectivity index (χ0) is 9.90. The van der Waals surface area contributed by atoms with Crippen LogP contribution in [0.15, 0.2) is 12.2 Å². The van der Waals surface area contributed by atoms with Crippen molar-refractivity contribution >= 4 is 0 Å². The van der Waals surface area contributed by atoms with Crippen molar-refractivity contribution < 1.29 is 9.50 Å². The fraction of sp³-hybridized carbons (Fsp3) is 0.800. The molecule has 1 fully saturated rings. The first kappa shape index (κ1) is 10.7. The van der Waals surface area contributed by atoms with Gasteiger partial charge in [-0.3, -0.25) is 4.90 Å². The van der Waals surface area contributed by atoms with Crippen LogP contribution >= 0.6 is 0 Å². The molecule has 1 N–H and O–H groups in total. The van der Waals surface area contributed by atoms with Crippen molar-refractivity contribution in [3.8, 4) is 0 Å². The summed E-state index contributed by atoms with van der Waals surface area (Å²) in [5.74, 6) is 0. The molecule has 0 saturated carbocycles. The van der Waals surface area contributed by atoms with Crippen LogP contribution in [-0.2, 0) is 0 Å². The second-order valence-electron chi connectivity index (χ2n) is 3.37. The maximum atomic E-state index is 12.9. The molecule has 2 rings (SSSR count). The monoisotopic (exact) mass is 187 g/mol. The van der Waals surface area contributed by atoms with Gasteiger partial charge in [0, 0.05) is 19.5 Å². The van der Waals surface area contributed by atoms with E-state index in [1.807, 2.05) is 30.9 Å². The summed E-state index contributed by atoms with van der Waals surface area (Å²) in [4.78, 5) is 2.00. The van der Waals surface area contributed by atoms with Gasteiger partial charge in [-0.2, -0.15) is 0 Å². The summed E-state index contributed by atoms with van der Waals surface area (Å²) in [7, 11) is 0. The van der Waals surface area contributed by atoms with Gasteiger partial charge in [0.1, 0.15) is 6.17 Å². The molecule has 0 aromatic heterocycles. The molecule has 0 spiro atoms. The Morgan fingerprint density at radius 1 is 1.62 bits per heavy atom. The third-order valence-corrected chi connectivity index (χ3v) is 2.65. The van der Waals surface area contributed by atoms with E-state index >= 15 is 0 Å². The van der Waals surface area contributed by atoms with Crippen molar-refractivity contribution in [3.05, 3.63) is 12.2 Å². The number of aliphatic hydroxyl groups excluding tert-OH is 1. The van der Waals surface area contributed by atoms with Gasteiger partial charge in [-0.05, 0) is 0 Å². The molecule has 76 valence electrons. The number of hydrogen-bond donors (Lipinski definition) is 1. The Morgan fingerprint density at radius 3 is 2.85 bits per heavy atom. The number of alkyl halides is 1. The van der Waals surface area contributed by atoms with Gasteiger partial charge in [0.05, 0.1) is 12.1 Å². The Labute approximate surface area is 79.0 Å². The van der Waals surface area contributed by atoms with E-state index in [4.69, 9.17) is 5.11 Å². The number of hydrogen-bond acceptors (Lipinski definition) is 2. The Kier molecular flexibility index (Phi) is 3.45. The van der Waals surface area contributed by atoms with Crippen LogP contribution in [0.25, 0.3) is 0 Å². The summed E-state index contributed by atoms with van der Waals surface area (Å²) in [6.07, 6.45) is 3.64. The Bertz CT molecular complexity index is 195. The molecule has 0 aromatic carbocycles. The predicted octanol–water partition coefficient (Wildman–Crippen LogP) is 1.36. The minimum absolute atomic E-state index is 0.0456. The molecule has 0 aliphatic carbocycles. The fourth-order valence-electron chi connectivity index (χ4n) is 2.04. The molecule has 2 aliphatic heterocycles. The summed E-state index contributed by atoms with van der Waals surface area (Å²) in [5.41, 5.74) is -0.348. The summed E-state index contributed by atoms with van der Waals surface area (Å²) in [6.45, 7) is 5.32. The van der Waals surface area contributed by atoms with Crippen LogP contribution in [0.1, 0.15) is 20.3 Å². The Hall–Kier alpha value is -0.410. The Morgan fingerprint density at radius 2 is 2.31 bits per heavy atom. The molecule has 13 heavy (non-hydrogen) atoms. The first-order valence-corrected chi connectivity index (χ1v) is 4.94. The van der Waals surface area contributed by atoms with Crippen molar-refractivity contribution in [3.63, 3.8) is 0 Å². The Balaban J connectivity index is 0.000000396. The summed E-state index contributed by atoms with van der Waals surface area (Å²) >= 11 is 0. The second kappa shape index (κ2) is 4.20. The molecule has 3 heteroatoms. The topological polar surface area (TPSA) is 23.5 Å². The smallest absolute Gasteiger partial charge is 0.115 e. The zero-order valence-electron chi connectivity index (χ0n) is 8.33. The van der Waals surface area contributed by atoms with E-state index in [2.05, 4.69) is 0 Å². The van der Waals surface area contributed by atoms with E-state index in [-0.39, 0.29) is 12.1 Å². The van der Waals surface area contributed by atoms with Crippen LogP contribution in [0.5, 0.6) is 0 Å². The van der Waals surface area contributed by atoms with Gasteiger partial charge in [-0.15, -0.1) is 0 Å². The molecule has 0 aromatic rings. The molecular formula is C10H18FNO. The highest BCUT2D eigenvalue weighted by molar-refractivity contribution is 5.19. The third kappa shape index (κ3) is 1.76. The van der Waals surface area contributed by atoms with Gasteiger partial charge < -0.3 is 5.11 Å². The molecule has 0 unspecified atom stereocenters. The van der Waals surface area contributed by atoms with Crippen molar-refractivity contribution in [2.45, 2.75) is 32.0 Å². The molecule has 0 bridgehead atoms. The van der Waals surface area contributed by atoms with Crippen molar-refractivity contribution in [2.75, 3.05) is 19.7 Å². The lowest BCUT2D eigenvalue weighted by Gasteiger charge is -2.27. The minimum atomic E-state index is -0.757. The minimum Gasteiger partial charge on any atom is -0.394 e. The highest BCUT2D eigenvalue weighted by Crippen LogP contribution is 2.35. The number of halogens is 1. The molecule has 0 amide bonds. The average molecular weight is 187 g/mol. The molecule has 2 aliphatic rings. The van der Waals surface area contributed by atoms with E-state index < -0.39 is 6.17 Å². The second-order valence-corrected chi connectivity index (χ2v) is 3.37. The van der Waals surface area contributed by atoms with Crippen LogP contribution in [0.4, 0.5) is 4.39 Å². The van der Waals surface area contributed by atoms with Crippen LogP contribution in [0, 0.1) is 0 Å². The number of nitrogens with zero attached hydrogens (tertiary/aromatic N) is 1. The highest BCUT2D eigenvalue weighted by Gasteiger charge is 2.45. The molecule has 1 saturated heterocycles. The van der Waals surface area contributed by atoms with E-state index in [1.165, 1.54) is 0 Å². The van der Waals surface area contributed by atoms with Crippen LogP contribution in [0.2, 0.25) is 0 Å². The lowest BCUT2D eigenvalue weighted by Crippen LogP contribution is -2.41. The zero-order valence-corrected chi connectivity index (χ0v) is 8.33. The first-order valence-electron chi connectivity index (χ1n) is 4.94. The van der Waals surface area contributed by atoms with Gasteiger partial charge >= 0.3 is 0 Å². The van der Waals surface area contributed by atoms with Gasteiger partial charge in [0.15, 0.2) is 0 Å². The van der Waals surface area contributed by atoms with E-state index in [0.29, 0.717) is 13.0 Å². The van der Waals surface area contributed by atoms with Crippen molar-refractivity contribution in [1.29, 1.82) is 0 Å². The molecule has 2 atom stereocenters. The van der Waals surface area contributed by atoms with Gasteiger partial charge in [0.25, 0.3) is 0 Å². The van der Waals surface area contributed by atoms with E-state index in [0.717, 1.165) is 6.54 Å². The van der Waals surface area contributed by atoms with E-state index in [9.17, 15) is 4.39 Å². The van der Waals surface area contributed by atoms with Crippen LogP contribution < -0.4 is 0 Å². The van der Waals surface area contributed by atoms with Gasteiger partial charge in [-0.25, -0.2) is 4.39 Å². The maximum absolute atomic E-state index is 12.9. The summed E-state index contributed by atoms with van der Waals surface area (Å²) < 4.78 is 12.9. The fourth-order valence-corrected chi connectivity index (χ4v) is 2.04. The quantitative estimate of drug-likeness (QED) is 0.626. The molecule has 2 heterocycles. The van der Waals surface area contributed by atoms with E-state index in [1.54, 1.807) is 0 Å². The summed E-state index contributed by atoms with van der Waals surface area (Å²) in [6, 6.07) is 0. The third-order valence-electron chi connectivity index (χ3n) is 2.65. The highest BCUT2D eigenvalue weighted by atomic mass is 19.1. The lowest BCUT2D eigenvalue weighted by molar-refractivity contribution is 0.124. The summed E-state index contributed by atoms with van der Waals surface area (Å²) in [5, 5.41) is 9.09. The van der Waals surface area contributed by atoms with Crippen LogP contribution in [0.3, 0.4) is 0 Å². The van der Waals surface area contributed by atoms with Crippen molar-refractivity contribution in [1.82, 2.24) is 4.90 Å². The SMILES string of the molecule is CC.OC[C@@]12C=CCN1C[C@H](F)C2. The van der Waals surface area contributed by atoms with Crippen molar-refractivity contribution in [2.24, 2.45) is 0 Å². The number of fused-ring (bicyclic) bond motifs is 1. The standard InChI is InChI=1S/C8H12FNO.C2H6/c9-7-4-8(6-11)2-1-3-10(8)5-7;1-2/h1-2,7,11H,3-6H2;1-2H3/t7-,8+;/m1./s1. The number of rotatable bonds is 1. The first-order chi connectivity index (χ1) is 6.27. The molecule has 0 radical (unpaired) electrons. The average Bonchev–Trinajstić information content (AvgIpc) is 2.64. The van der Waals surface area contributed by atoms with Gasteiger partial charge in [0.2, 0.25) is 0 Å². The number of aliphatic hydroxyl groups is 1. The maximum Gasteiger partial charge on any atom is 0.115 e. The lowest BCUT2D eigenvalue weighted by atomic mass is 9.99. The van der Waals surface area contributed by atoms with Gasteiger partial charge in [-0.1, -0.05) is 26.0 Å².